The van der Waals surface area contributed by atoms with Gasteiger partial charge in [-0.1, -0.05) is 11.6 Å². The molecule has 6 nitrogen and oxygen atoms in total. The van der Waals surface area contributed by atoms with Gasteiger partial charge in [-0.15, -0.1) is 11.8 Å². The minimum atomic E-state index is -3.99. The molecule has 0 aromatic heterocycles. The minimum absolute atomic E-state index is 0.0673. The summed E-state index contributed by atoms with van der Waals surface area (Å²) in [4.78, 5) is 15.1. The SMILES string of the molecule is CSc1ccc(S(=O)(=O)Nc2ccc(F)c(Cl)c2)cc1C(=O)N1CCOCC1. The number of amides is 1. The molecule has 0 aliphatic carbocycles. The van der Waals surface area contributed by atoms with E-state index in [4.69, 9.17) is 16.3 Å². The first-order chi connectivity index (χ1) is 13.3. The lowest BCUT2D eigenvalue weighted by atomic mass is 10.2. The molecular weight excluding hydrogens is 427 g/mol. The fraction of sp³-hybridized carbons (Fsp3) is 0.278. The van der Waals surface area contributed by atoms with Crippen molar-refractivity contribution in [3.8, 4) is 0 Å². The lowest BCUT2D eigenvalue weighted by molar-refractivity contribution is 0.0300. The van der Waals surface area contributed by atoms with Crippen LogP contribution >= 0.6 is 23.4 Å². The predicted octanol–water partition coefficient (Wildman–Crippen LogP) is 3.47. The number of hydrogen-bond donors (Lipinski definition) is 1. The van der Waals surface area contributed by atoms with Gasteiger partial charge in [-0.3, -0.25) is 9.52 Å². The van der Waals surface area contributed by atoms with E-state index in [1.165, 1.54) is 36.0 Å². The van der Waals surface area contributed by atoms with Gasteiger partial charge in [0.25, 0.3) is 15.9 Å². The second-order valence-corrected chi connectivity index (χ2v) is 8.94. The summed E-state index contributed by atoms with van der Waals surface area (Å²) in [5, 5.41) is -0.193. The maximum atomic E-state index is 13.3. The van der Waals surface area contributed by atoms with Crippen LogP contribution in [0.5, 0.6) is 0 Å². The molecular formula is C18H18ClFN2O4S2. The molecule has 150 valence electrons. The number of thioether (sulfide) groups is 1. The zero-order valence-electron chi connectivity index (χ0n) is 14.9. The monoisotopic (exact) mass is 444 g/mol. The third-order valence-corrected chi connectivity index (χ3v) is 6.65. The first-order valence-corrected chi connectivity index (χ1v) is 11.4. The summed E-state index contributed by atoms with van der Waals surface area (Å²) in [6.07, 6.45) is 1.82. The van der Waals surface area contributed by atoms with Crippen LogP contribution in [0.4, 0.5) is 10.1 Å². The van der Waals surface area contributed by atoms with Crippen LogP contribution in [0.25, 0.3) is 0 Å². The Balaban J connectivity index is 1.92. The van der Waals surface area contributed by atoms with E-state index in [2.05, 4.69) is 4.72 Å². The molecule has 0 radical (unpaired) electrons. The lowest BCUT2D eigenvalue weighted by Gasteiger charge is -2.27. The normalized spacial score (nSPS) is 14.8. The largest absolute Gasteiger partial charge is 0.378 e. The second kappa shape index (κ2) is 8.69. The van der Waals surface area contributed by atoms with Crippen LogP contribution in [0, 0.1) is 5.82 Å². The summed E-state index contributed by atoms with van der Waals surface area (Å²) >= 11 is 7.07. The number of sulfonamides is 1. The molecule has 2 aromatic rings. The van der Waals surface area contributed by atoms with E-state index in [1.807, 2.05) is 6.26 Å². The van der Waals surface area contributed by atoms with Gasteiger partial charge < -0.3 is 9.64 Å². The summed E-state index contributed by atoms with van der Waals surface area (Å²) in [5.74, 6) is -0.887. The highest BCUT2D eigenvalue weighted by Crippen LogP contribution is 2.27. The van der Waals surface area contributed by atoms with Crippen LogP contribution < -0.4 is 4.72 Å². The Morgan fingerprint density at radius 3 is 2.57 bits per heavy atom. The van der Waals surface area contributed by atoms with Crippen molar-refractivity contribution < 1.29 is 22.3 Å². The fourth-order valence-electron chi connectivity index (χ4n) is 2.73. The van der Waals surface area contributed by atoms with Crippen molar-refractivity contribution in [2.75, 3.05) is 37.3 Å². The highest BCUT2D eigenvalue weighted by atomic mass is 35.5. The first-order valence-electron chi connectivity index (χ1n) is 8.35. The van der Waals surface area contributed by atoms with Crippen molar-refractivity contribution in [1.29, 1.82) is 0 Å². The third kappa shape index (κ3) is 4.60. The molecule has 28 heavy (non-hydrogen) atoms. The van der Waals surface area contributed by atoms with Gasteiger partial charge in [-0.25, -0.2) is 12.8 Å². The van der Waals surface area contributed by atoms with E-state index < -0.39 is 15.8 Å². The van der Waals surface area contributed by atoms with Crippen LogP contribution in [-0.4, -0.2) is 51.8 Å². The number of carbonyl (C=O) groups excluding carboxylic acids is 1. The van der Waals surface area contributed by atoms with E-state index in [0.717, 1.165) is 6.07 Å². The Morgan fingerprint density at radius 2 is 1.93 bits per heavy atom. The average molecular weight is 445 g/mol. The number of morpholine rings is 1. The summed E-state index contributed by atoms with van der Waals surface area (Å²) in [7, 11) is -3.99. The van der Waals surface area contributed by atoms with E-state index in [0.29, 0.717) is 36.8 Å². The number of benzene rings is 2. The maximum absolute atomic E-state index is 13.3. The molecule has 10 heteroatoms. The number of carbonyl (C=O) groups is 1. The van der Waals surface area contributed by atoms with Gasteiger partial charge in [0, 0.05) is 18.0 Å². The number of anilines is 1. The van der Waals surface area contributed by atoms with E-state index in [1.54, 1.807) is 11.0 Å². The zero-order chi connectivity index (χ0) is 20.3. The molecule has 1 amide bonds. The van der Waals surface area contributed by atoms with Crippen LogP contribution in [0.2, 0.25) is 5.02 Å². The Bertz CT molecular complexity index is 995. The van der Waals surface area contributed by atoms with Crippen molar-refractivity contribution in [2.45, 2.75) is 9.79 Å². The van der Waals surface area contributed by atoms with Crippen molar-refractivity contribution >= 4 is 45.0 Å². The molecule has 1 aliphatic heterocycles. The van der Waals surface area contributed by atoms with Gasteiger partial charge in [-0.2, -0.15) is 0 Å². The Morgan fingerprint density at radius 1 is 1.21 bits per heavy atom. The number of nitrogens with one attached hydrogen (secondary N) is 1. The Hall–Kier alpha value is -1.81. The van der Waals surface area contributed by atoms with E-state index >= 15 is 0 Å². The fourth-order valence-corrected chi connectivity index (χ4v) is 4.56. The second-order valence-electron chi connectivity index (χ2n) is 6.00. The third-order valence-electron chi connectivity index (χ3n) is 4.18. The van der Waals surface area contributed by atoms with Gasteiger partial charge in [0.05, 0.1) is 34.4 Å². The van der Waals surface area contributed by atoms with Crippen molar-refractivity contribution in [1.82, 2.24) is 4.90 Å². The molecule has 0 saturated carbocycles. The summed E-state index contributed by atoms with van der Waals surface area (Å²) < 4.78 is 46.4. The molecule has 0 unspecified atom stereocenters. The van der Waals surface area contributed by atoms with Gasteiger partial charge in [0.15, 0.2) is 0 Å². The molecule has 1 fully saturated rings. The summed E-state index contributed by atoms with van der Waals surface area (Å²) in [6, 6.07) is 7.92. The minimum Gasteiger partial charge on any atom is -0.378 e. The van der Waals surface area contributed by atoms with Crippen LogP contribution in [-0.2, 0) is 14.8 Å². The maximum Gasteiger partial charge on any atom is 0.261 e. The van der Waals surface area contributed by atoms with Gasteiger partial charge in [-0.05, 0) is 42.7 Å². The van der Waals surface area contributed by atoms with Crippen molar-refractivity contribution in [3.63, 3.8) is 0 Å². The van der Waals surface area contributed by atoms with Gasteiger partial charge >= 0.3 is 0 Å². The Labute approximate surface area is 172 Å². The molecule has 1 heterocycles. The highest BCUT2D eigenvalue weighted by molar-refractivity contribution is 7.98. The standard InChI is InChI=1S/C18H18ClFN2O4S2/c1-27-17-5-3-13(11-14(17)18(23)22-6-8-26-9-7-22)28(24,25)21-12-2-4-16(20)15(19)10-12/h2-5,10-11,21H,6-9H2,1H3. The van der Waals surface area contributed by atoms with E-state index in [9.17, 15) is 17.6 Å². The number of hydrogen-bond acceptors (Lipinski definition) is 5. The van der Waals surface area contributed by atoms with Gasteiger partial charge in [0.1, 0.15) is 5.82 Å². The number of nitrogens with zero attached hydrogens (tertiary/aromatic N) is 1. The highest BCUT2D eigenvalue weighted by Gasteiger charge is 2.24. The number of halogens is 2. The molecule has 1 aliphatic rings. The summed E-state index contributed by atoms with van der Waals surface area (Å²) in [6.45, 7) is 1.81. The molecule has 1 N–H and O–H groups in total. The molecule has 0 atom stereocenters. The van der Waals surface area contributed by atoms with Crippen molar-refractivity contribution in [2.24, 2.45) is 0 Å². The van der Waals surface area contributed by atoms with Crippen LogP contribution in [0.3, 0.4) is 0 Å². The first kappa shape index (κ1) is 20.9. The lowest BCUT2D eigenvalue weighted by Crippen LogP contribution is -2.40. The zero-order valence-corrected chi connectivity index (χ0v) is 17.3. The van der Waals surface area contributed by atoms with Crippen molar-refractivity contribution in [3.05, 3.63) is 52.8 Å². The van der Waals surface area contributed by atoms with Gasteiger partial charge in [0.2, 0.25) is 0 Å². The molecule has 0 bridgehead atoms. The Kier molecular flexibility index (Phi) is 6.49. The topological polar surface area (TPSA) is 75.7 Å². The quantitative estimate of drug-likeness (QED) is 0.714. The number of rotatable bonds is 5. The van der Waals surface area contributed by atoms with Crippen LogP contribution in [0.1, 0.15) is 10.4 Å². The molecule has 2 aromatic carbocycles. The smallest absolute Gasteiger partial charge is 0.261 e. The number of ether oxygens (including phenoxy) is 1. The molecule has 1 saturated heterocycles. The molecule has 0 spiro atoms. The average Bonchev–Trinajstić information content (AvgIpc) is 2.70. The van der Waals surface area contributed by atoms with Crippen LogP contribution in [0.15, 0.2) is 46.2 Å². The summed E-state index contributed by atoms with van der Waals surface area (Å²) in [5.41, 5.74) is 0.441. The van der Waals surface area contributed by atoms with E-state index in [-0.39, 0.29) is 21.5 Å². The predicted molar refractivity (Wildman–Crippen MR) is 107 cm³/mol. The molecule has 3 rings (SSSR count).